The van der Waals surface area contributed by atoms with Gasteiger partial charge in [-0.1, -0.05) is 29.8 Å². The van der Waals surface area contributed by atoms with E-state index in [-0.39, 0.29) is 28.0 Å². The third-order valence-electron chi connectivity index (χ3n) is 5.04. The summed E-state index contributed by atoms with van der Waals surface area (Å²) < 4.78 is -0.292. The Morgan fingerprint density at radius 1 is 1.44 bits per heavy atom. The Bertz CT molecular complexity index is 885. The molecule has 2 aliphatic heterocycles. The van der Waals surface area contributed by atoms with Crippen molar-refractivity contribution >= 4 is 23.6 Å². The molecule has 3 heterocycles. The van der Waals surface area contributed by atoms with E-state index in [2.05, 4.69) is 25.9 Å². The lowest BCUT2D eigenvalue weighted by molar-refractivity contribution is -0.152. The van der Waals surface area contributed by atoms with Gasteiger partial charge in [-0.2, -0.15) is 0 Å². The summed E-state index contributed by atoms with van der Waals surface area (Å²) in [6.07, 6.45) is 0. The maximum Gasteiger partial charge on any atom is 0.249 e. The monoisotopic (exact) mass is 387 g/mol. The molecule has 27 heavy (non-hydrogen) atoms. The van der Waals surface area contributed by atoms with Gasteiger partial charge in [0.25, 0.3) is 0 Å². The van der Waals surface area contributed by atoms with Gasteiger partial charge in [-0.25, -0.2) is 5.10 Å². The molecule has 2 fully saturated rings. The van der Waals surface area contributed by atoms with Crippen LogP contribution in [0, 0.1) is 6.92 Å². The van der Waals surface area contributed by atoms with Gasteiger partial charge in [0.1, 0.15) is 23.5 Å². The predicted molar refractivity (Wildman–Crippen MR) is 99.3 cm³/mol. The van der Waals surface area contributed by atoms with Crippen LogP contribution in [0.5, 0.6) is 0 Å². The number of carbonyl (C=O) groups excluding carboxylic acids is 2. The topological polar surface area (TPSA) is 130 Å². The van der Waals surface area contributed by atoms with Crippen molar-refractivity contribution in [2.24, 2.45) is 5.73 Å². The zero-order valence-electron chi connectivity index (χ0n) is 15.2. The summed E-state index contributed by atoms with van der Waals surface area (Å²) in [5, 5.41) is 16.6. The van der Waals surface area contributed by atoms with Crippen molar-refractivity contribution < 1.29 is 9.59 Å². The number of aromatic nitrogens is 4. The summed E-state index contributed by atoms with van der Waals surface area (Å²) in [4.78, 5) is 27.1. The van der Waals surface area contributed by atoms with Crippen LogP contribution in [0.3, 0.4) is 0 Å². The number of fused-ring (bicyclic) bond motifs is 1. The van der Waals surface area contributed by atoms with Gasteiger partial charge < -0.3 is 16.0 Å². The van der Waals surface area contributed by atoms with E-state index in [4.69, 9.17) is 5.73 Å². The van der Waals surface area contributed by atoms with E-state index in [0.717, 1.165) is 11.1 Å². The van der Waals surface area contributed by atoms with Crippen LogP contribution in [-0.4, -0.2) is 53.5 Å². The van der Waals surface area contributed by atoms with E-state index in [1.807, 2.05) is 45.0 Å². The molecular formula is C17H21N7O2S. The fourth-order valence-corrected chi connectivity index (χ4v) is 5.37. The van der Waals surface area contributed by atoms with Crippen molar-refractivity contribution in [1.29, 1.82) is 0 Å². The number of rotatable bonds is 4. The largest absolute Gasteiger partial charge is 0.340 e. The van der Waals surface area contributed by atoms with Crippen molar-refractivity contribution in [3.05, 3.63) is 41.2 Å². The third kappa shape index (κ3) is 2.88. The number of carbonyl (C=O) groups is 2. The van der Waals surface area contributed by atoms with Crippen LogP contribution in [0.15, 0.2) is 24.3 Å². The molecule has 2 amide bonds. The Morgan fingerprint density at radius 2 is 2.22 bits per heavy atom. The van der Waals surface area contributed by atoms with E-state index in [0.29, 0.717) is 5.82 Å². The van der Waals surface area contributed by atoms with Gasteiger partial charge in [0.2, 0.25) is 11.8 Å². The van der Waals surface area contributed by atoms with Gasteiger partial charge in [0.05, 0.1) is 0 Å². The molecule has 10 heteroatoms. The van der Waals surface area contributed by atoms with Crippen LogP contribution in [0.4, 0.5) is 0 Å². The Kier molecular flexibility index (Phi) is 4.19. The lowest BCUT2D eigenvalue weighted by Crippen LogP contribution is -2.68. The molecule has 4 atom stereocenters. The molecule has 1 aromatic carbocycles. The highest BCUT2D eigenvalue weighted by atomic mass is 32.2. The lowest BCUT2D eigenvalue weighted by Gasteiger charge is -2.44. The minimum Gasteiger partial charge on any atom is -0.340 e. The van der Waals surface area contributed by atoms with Gasteiger partial charge in [0, 0.05) is 4.75 Å². The summed E-state index contributed by atoms with van der Waals surface area (Å²) in [6, 6.07) is 5.80. The van der Waals surface area contributed by atoms with E-state index in [1.165, 1.54) is 0 Å². The number of nitrogens with zero attached hydrogens (tertiary/aromatic N) is 4. The number of aryl methyl sites for hydroxylation is 1. The van der Waals surface area contributed by atoms with E-state index in [1.54, 1.807) is 16.7 Å². The van der Waals surface area contributed by atoms with Gasteiger partial charge in [-0.05, 0) is 36.8 Å². The Balaban J connectivity index is 1.49. The Hall–Kier alpha value is -2.46. The molecule has 2 aromatic rings. The first-order valence-corrected chi connectivity index (χ1v) is 9.54. The van der Waals surface area contributed by atoms with Gasteiger partial charge >= 0.3 is 0 Å². The lowest BCUT2D eigenvalue weighted by atomic mass is 9.95. The highest BCUT2D eigenvalue weighted by molar-refractivity contribution is 8.01. The summed E-state index contributed by atoms with van der Waals surface area (Å²) in [5.41, 5.74) is 7.85. The first-order valence-electron chi connectivity index (χ1n) is 8.66. The van der Waals surface area contributed by atoms with Crippen molar-refractivity contribution in [2.45, 2.75) is 49.0 Å². The molecule has 9 nitrogen and oxygen atoms in total. The second kappa shape index (κ2) is 6.31. The SMILES string of the molecule is Cc1cccc(C(N)C(=O)NC2C(=O)N3C(c4nnn[nH]4)C(C)(C)S[C@H]23)c1. The molecule has 3 unspecified atom stereocenters. The fourth-order valence-electron chi connectivity index (χ4n) is 3.73. The first-order chi connectivity index (χ1) is 12.8. The van der Waals surface area contributed by atoms with Crippen molar-refractivity contribution in [3.8, 4) is 0 Å². The highest BCUT2D eigenvalue weighted by Crippen LogP contribution is 2.56. The van der Waals surface area contributed by atoms with E-state index < -0.39 is 12.1 Å². The van der Waals surface area contributed by atoms with Gasteiger partial charge in [0.15, 0.2) is 5.82 Å². The molecule has 4 N–H and O–H groups in total. The average Bonchev–Trinajstić information content (AvgIpc) is 3.23. The minimum absolute atomic E-state index is 0.149. The second-order valence-corrected chi connectivity index (χ2v) is 9.20. The predicted octanol–water partition coefficient (Wildman–Crippen LogP) is 0.428. The van der Waals surface area contributed by atoms with E-state index >= 15 is 0 Å². The summed E-state index contributed by atoms with van der Waals surface area (Å²) in [7, 11) is 0. The number of H-pyrrole nitrogens is 1. The Morgan fingerprint density at radius 3 is 2.89 bits per heavy atom. The molecule has 142 valence electrons. The third-order valence-corrected chi connectivity index (χ3v) is 6.61. The molecular weight excluding hydrogens is 366 g/mol. The van der Waals surface area contributed by atoms with Gasteiger partial charge in [-0.3, -0.25) is 9.59 Å². The van der Waals surface area contributed by atoms with Crippen LogP contribution in [0.25, 0.3) is 0 Å². The summed E-state index contributed by atoms with van der Waals surface area (Å²) >= 11 is 1.62. The quantitative estimate of drug-likeness (QED) is 0.649. The summed E-state index contributed by atoms with van der Waals surface area (Å²) in [6.45, 7) is 6.01. The number of aromatic amines is 1. The van der Waals surface area contributed by atoms with Crippen LogP contribution in [0.1, 0.15) is 42.9 Å². The average molecular weight is 387 g/mol. The zero-order valence-corrected chi connectivity index (χ0v) is 16.0. The first kappa shape index (κ1) is 17.9. The van der Waals surface area contributed by atoms with Crippen molar-refractivity contribution in [3.63, 3.8) is 0 Å². The summed E-state index contributed by atoms with van der Waals surface area (Å²) in [5.74, 6) is 0.0376. The maximum absolute atomic E-state index is 12.8. The number of hydrogen-bond donors (Lipinski definition) is 3. The number of hydrogen-bond acceptors (Lipinski definition) is 7. The maximum atomic E-state index is 12.8. The van der Waals surface area contributed by atoms with Crippen LogP contribution >= 0.6 is 11.8 Å². The van der Waals surface area contributed by atoms with Crippen molar-refractivity contribution in [2.75, 3.05) is 0 Å². The van der Waals surface area contributed by atoms with Crippen LogP contribution < -0.4 is 11.1 Å². The molecule has 0 radical (unpaired) electrons. The molecule has 0 saturated carbocycles. The molecule has 2 saturated heterocycles. The molecule has 0 spiro atoms. The molecule has 2 aliphatic rings. The van der Waals surface area contributed by atoms with E-state index in [9.17, 15) is 9.59 Å². The minimum atomic E-state index is -0.819. The molecule has 4 rings (SSSR count). The number of benzene rings is 1. The smallest absolute Gasteiger partial charge is 0.249 e. The Labute approximate surface area is 160 Å². The number of nitrogens with two attached hydrogens (primary N) is 1. The normalized spacial score (nSPS) is 27.0. The fraction of sp³-hybridized carbons (Fsp3) is 0.471. The highest BCUT2D eigenvalue weighted by Gasteiger charge is 2.63. The number of nitrogens with one attached hydrogen (secondary N) is 2. The number of amides is 2. The molecule has 1 aromatic heterocycles. The zero-order chi connectivity index (χ0) is 19.3. The number of tetrazole rings is 1. The van der Waals surface area contributed by atoms with Gasteiger partial charge in [-0.15, -0.1) is 16.9 Å². The van der Waals surface area contributed by atoms with Crippen molar-refractivity contribution in [1.82, 2.24) is 30.8 Å². The standard InChI is InChI=1S/C17H21N7O2S/c1-8-5-4-6-9(7-8)10(18)14(25)19-11-15(26)24-12(13-20-22-23-21-13)17(2,3)27-16(11)24/h4-7,10-12,16H,18H2,1-3H3,(H,19,25)(H,20,21,22,23)/t10?,11?,12?,16-/m1/s1. The van der Waals surface area contributed by atoms with Crippen LogP contribution in [-0.2, 0) is 9.59 Å². The molecule has 0 bridgehead atoms. The van der Waals surface area contributed by atoms with Crippen LogP contribution in [0.2, 0.25) is 0 Å². The second-order valence-electron chi connectivity index (χ2n) is 7.42. The number of β-lactam (4-membered cyclic amide) rings is 1. The molecule has 0 aliphatic carbocycles. The number of thioether (sulfide) groups is 1.